The summed E-state index contributed by atoms with van der Waals surface area (Å²) < 4.78 is 53.9. The maximum absolute atomic E-state index is 12.4. The number of aliphatic hydroxyl groups excluding tert-OH is 1. The van der Waals surface area contributed by atoms with Gasteiger partial charge in [-0.05, 0) is 18.8 Å². The van der Waals surface area contributed by atoms with Gasteiger partial charge in [-0.15, -0.1) is 0 Å². The molecule has 0 spiro atoms. The molecule has 0 aromatic carbocycles. The molecule has 110 valence electrons. The van der Waals surface area contributed by atoms with Crippen LogP contribution in [0.25, 0.3) is 0 Å². The van der Waals surface area contributed by atoms with E-state index in [1.807, 2.05) is 13.8 Å². The average molecular weight is 274 g/mol. The number of aliphatic hydroxyl groups is 1. The second-order valence-electron chi connectivity index (χ2n) is 5.28. The van der Waals surface area contributed by atoms with E-state index >= 15 is 0 Å². The van der Waals surface area contributed by atoms with Gasteiger partial charge < -0.3 is 9.84 Å². The zero-order chi connectivity index (χ0) is 14.6. The molecule has 3 unspecified atom stereocenters. The van der Waals surface area contributed by atoms with Gasteiger partial charge in [0.2, 0.25) is 0 Å². The highest BCUT2D eigenvalue weighted by atomic mass is 19.4. The van der Waals surface area contributed by atoms with Crippen molar-refractivity contribution in [2.24, 2.45) is 11.3 Å². The van der Waals surface area contributed by atoms with Gasteiger partial charge in [0.25, 0.3) is 0 Å². The van der Waals surface area contributed by atoms with Crippen molar-refractivity contribution in [1.82, 2.24) is 0 Å². The zero-order valence-corrected chi connectivity index (χ0v) is 11.2. The van der Waals surface area contributed by atoms with Crippen LogP contribution in [0.2, 0.25) is 0 Å². The third-order valence-corrected chi connectivity index (χ3v) is 3.08. The topological polar surface area (TPSA) is 29.5 Å². The number of hydrogen-bond donors (Lipinski definition) is 1. The van der Waals surface area contributed by atoms with Crippen LogP contribution < -0.4 is 0 Å². The van der Waals surface area contributed by atoms with E-state index in [2.05, 4.69) is 4.74 Å². The minimum atomic E-state index is -4.80. The highest BCUT2D eigenvalue weighted by molar-refractivity contribution is 4.79. The molecule has 0 heterocycles. The first kappa shape index (κ1) is 17.6. The Morgan fingerprint density at radius 1 is 1.22 bits per heavy atom. The van der Waals surface area contributed by atoms with Crippen LogP contribution in [0.4, 0.5) is 17.6 Å². The average Bonchev–Trinajstić information content (AvgIpc) is 2.22. The Bertz CT molecular complexity index is 243. The first-order valence-corrected chi connectivity index (χ1v) is 6.03. The fourth-order valence-corrected chi connectivity index (χ4v) is 1.87. The maximum Gasteiger partial charge on any atom is 0.417 e. The highest BCUT2D eigenvalue weighted by Crippen LogP contribution is 2.36. The van der Waals surface area contributed by atoms with Crippen LogP contribution in [-0.2, 0) is 4.74 Å². The van der Waals surface area contributed by atoms with Crippen molar-refractivity contribution in [3.63, 3.8) is 0 Å². The lowest BCUT2D eigenvalue weighted by Gasteiger charge is -2.36. The van der Waals surface area contributed by atoms with Gasteiger partial charge in [0, 0.05) is 5.41 Å². The molecule has 0 saturated heterocycles. The Kier molecular flexibility index (Phi) is 6.57. The van der Waals surface area contributed by atoms with Crippen molar-refractivity contribution in [3.05, 3.63) is 0 Å². The lowest BCUT2D eigenvalue weighted by Crippen LogP contribution is -2.43. The molecule has 0 bridgehead atoms. The van der Waals surface area contributed by atoms with Gasteiger partial charge in [-0.1, -0.05) is 27.7 Å². The van der Waals surface area contributed by atoms with E-state index < -0.39 is 30.7 Å². The summed E-state index contributed by atoms with van der Waals surface area (Å²) in [6.07, 6.45) is -8.05. The minimum Gasteiger partial charge on any atom is -0.367 e. The summed E-state index contributed by atoms with van der Waals surface area (Å²) in [4.78, 5) is 0. The van der Waals surface area contributed by atoms with Gasteiger partial charge in [0.15, 0.2) is 12.4 Å². The van der Waals surface area contributed by atoms with Crippen molar-refractivity contribution < 1.29 is 27.4 Å². The first-order valence-electron chi connectivity index (χ1n) is 6.03. The van der Waals surface area contributed by atoms with Crippen molar-refractivity contribution in [3.8, 4) is 0 Å². The van der Waals surface area contributed by atoms with E-state index in [9.17, 15) is 22.7 Å². The molecule has 0 rings (SSSR count). The third-order valence-electron chi connectivity index (χ3n) is 3.08. The quantitative estimate of drug-likeness (QED) is 0.567. The van der Waals surface area contributed by atoms with Crippen LogP contribution >= 0.6 is 0 Å². The van der Waals surface area contributed by atoms with Gasteiger partial charge in [-0.2, -0.15) is 13.2 Å². The highest BCUT2D eigenvalue weighted by Gasteiger charge is 2.45. The second-order valence-corrected chi connectivity index (χ2v) is 5.28. The molecule has 2 nitrogen and oxygen atoms in total. The predicted octanol–water partition coefficient (Wildman–Crippen LogP) is 3.68. The van der Waals surface area contributed by atoms with Crippen molar-refractivity contribution >= 4 is 0 Å². The molecule has 0 saturated carbocycles. The van der Waals surface area contributed by atoms with Crippen molar-refractivity contribution in [1.29, 1.82) is 0 Å². The van der Waals surface area contributed by atoms with E-state index in [4.69, 9.17) is 0 Å². The van der Waals surface area contributed by atoms with Crippen LogP contribution in [0.15, 0.2) is 0 Å². The summed E-state index contributed by atoms with van der Waals surface area (Å²) in [5, 5.41) is 9.79. The Morgan fingerprint density at radius 3 is 2.00 bits per heavy atom. The molecule has 0 aromatic rings. The van der Waals surface area contributed by atoms with Crippen molar-refractivity contribution in [2.45, 2.75) is 59.1 Å². The largest absolute Gasteiger partial charge is 0.417 e. The van der Waals surface area contributed by atoms with E-state index in [-0.39, 0.29) is 5.92 Å². The Hall–Kier alpha value is -0.360. The number of alkyl halides is 4. The molecule has 0 radical (unpaired) electrons. The Morgan fingerprint density at radius 2 is 1.72 bits per heavy atom. The van der Waals surface area contributed by atoms with E-state index in [0.717, 1.165) is 0 Å². The van der Waals surface area contributed by atoms with Gasteiger partial charge in [-0.3, -0.25) is 0 Å². The number of rotatable bonds is 7. The number of hydrogen-bond acceptors (Lipinski definition) is 2. The summed E-state index contributed by atoms with van der Waals surface area (Å²) in [6, 6.07) is 0. The summed E-state index contributed by atoms with van der Waals surface area (Å²) in [7, 11) is 0. The monoisotopic (exact) mass is 274 g/mol. The smallest absolute Gasteiger partial charge is 0.367 e. The molecular weight excluding hydrogens is 252 g/mol. The third kappa shape index (κ3) is 5.10. The molecule has 0 aliphatic heterocycles. The molecule has 0 aliphatic carbocycles. The zero-order valence-electron chi connectivity index (χ0n) is 11.2. The molecule has 0 aromatic heterocycles. The van der Waals surface area contributed by atoms with Crippen LogP contribution in [-0.4, -0.2) is 30.4 Å². The van der Waals surface area contributed by atoms with Gasteiger partial charge in [0.05, 0.1) is 0 Å². The van der Waals surface area contributed by atoms with Crippen molar-refractivity contribution in [2.75, 3.05) is 6.67 Å². The lowest BCUT2D eigenvalue weighted by atomic mass is 9.79. The minimum absolute atomic E-state index is 0.197. The number of halogens is 4. The van der Waals surface area contributed by atoms with Gasteiger partial charge >= 0.3 is 6.18 Å². The van der Waals surface area contributed by atoms with E-state index in [0.29, 0.717) is 12.8 Å². The van der Waals surface area contributed by atoms with Crippen LogP contribution in [0, 0.1) is 11.3 Å². The molecule has 0 fully saturated rings. The summed E-state index contributed by atoms with van der Waals surface area (Å²) in [6.45, 7) is 5.51. The first-order chi connectivity index (χ1) is 8.06. The summed E-state index contributed by atoms with van der Waals surface area (Å²) in [5.74, 6) is 0.197. The molecule has 6 heteroatoms. The molecule has 18 heavy (non-hydrogen) atoms. The maximum atomic E-state index is 12.4. The lowest BCUT2D eigenvalue weighted by molar-refractivity contribution is -0.288. The molecule has 0 amide bonds. The SMILES string of the molecule is CCC(C)(CC(C)C)C(O)OC(CF)C(F)(F)F. The standard InChI is InChI=1S/C12H22F4O2/c1-5-11(4,6-8(2)3)10(17)18-9(7-13)12(14,15)16/h8-10,17H,5-7H2,1-4H3. The van der Waals surface area contributed by atoms with Crippen LogP contribution in [0.1, 0.15) is 40.5 Å². The molecule has 0 aliphatic rings. The van der Waals surface area contributed by atoms with Crippen LogP contribution in [0.3, 0.4) is 0 Å². The second kappa shape index (κ2) is 6.70. The predicted molar refractivity (Wildman–Crippen MR) is 60.8 cm³/mol. The summed E-state index contributed by atoms with van der Waals surface area (Å²) >= 11 is 0. The Labute approximate surface area is 105 Å². The van der Waals surface area contributed by atoms with Gasteiger partial charge in [0.1, 0.15) is 6.67 Å². The molecule has 3 atom stereocenters. The van der Waals surface area contributed by atoms with Gasteiger partial charge in [-0.25, -0.2) is 4.39 Å². The molecular formula is C12H22F4O2. The normalized spacial score (nSPS) is 19.7. The molecule has 1 N–H and O–H groups in total. The van der Waals surface area contributed by atoms with Crippen LogP contribution in [0.5, 0.6) is 0 Å². The fourth-order valence-electron chi connectivity index (χ4n) is 1.87. The number of ether oxygens (including phenoxy) is 1. The summed E-state index contributed by atoms with van der Waals surface area (Å²) in [5.41, 5.74) is -0.813. The Balaban J connectivity index is 4.74. The van der Waals surface area contributed by atoms with E-state index in [1.54, 1.807) is 13.8 Å². The van der Waals surface area contributed by atoms with E-state index in [1.165, 1.54) is 0 Å². The fraction of sp³-hybridized carbons (Fsp3) is 1.00.